The zero-order valence-corrected chi connectivity index (χ0v) is 17.1. The summed E-state index contributed by atoms with van der Waals surface area (Å²) in [7, 11) is 0. The van der Waals surface area contributed by atoms with Crippen molar-refractivity contribution in [1.29, 1.82) is 0 Å². The molecule has 0 aliphatic heterocycles. The Hall–Kier alpha value is -3.12. The number of likely N-dealkylation sites (N-methyl/N-ethyl adjacent to an activating group) is 1. The molecule has 0 unspecified atom stereocenters. The lowest BCUT2D eigenvalue weighted by atomic mass is 10.1. The Labute approximate surface area is 174 Å². The fourth-order valence-electron chi connectivity index (χ4n) is 3.22. The van der Waals surface area contributed by atoms with Crippen molar-refractivity contribution in [2.75, 3.05) is 18.4 Å². The van der Waals surface area contributed by atoms with Gasteiger partial charge in [0.2, 0.25) is 5.91 Å². The number of Topliss-reactive ketones (excluding diaryl/α,β-unsaturated/α-hetero) is 1. The maximum Gasteiger partial charge on any atom is 0.296 e. The number of carbonyl (C=O) groups is 3. The van der Waals surface area contributed by atoms with Gasteiger partial charge in [-0.15, -0.1) is 0 Å². The van der Waals surface area contributed by atoms with Gasteiger partial charge in [-0.1, -0.05) is 29.8 Å². The summed E-state index contributed by atoms with van der Waals surface area (Å²) in [6, 6.07) is 13.8. The number of amides is 2. The molecule has 1 N–H and O–H groups in total. The fraction of sp³-hybridized carbons (Fsp3) is 0.227. The molecule has 0 radical (unpaired) electrons. The minimum Gasteiger partial charge on any atom is -0.342 e. The van der Waals surface area contributed by atoms with Crippen molar-refractivity contribution < 1.29 is 14.4 Å². The largest absolute Gasteiger partial charge is 0.342 e. The van der Waals surface area contributed by atoms with Crippen LogP contribution < -0.4 is 5.32 Å². The number of rotatable bonds is 7. The summed E-state index contributed by atoms with van der Waals surface area (Å²) in [5.74, 6) is -1.45. The predicted octanol–water partition coefficient (Wildman–Crippen LogP) is 3.98. The molecule has 0 saturated carbocycles. The molecule has 1 heterocycles. The summed E-state index contributed by atoms with van der Waals surface area (Å²) in [5, 5.41) is 3.76. The Kier molecular flexibility index (Phi) is 6.34. The maximum absolute atomic E-state index is 12.8. The highest BCUT2D eigenvalue weighted by molar-refractivity contribution is 6.48. The smallest absolute Gasteiger partial charge is 0.296 e. The van der Waals surface area contributed by atoms with Gasteiger partial charge >= 0.3 is 0 Å². The van der Waals surface area contributed by atoms with Crippen molar-refractivity contribution >= 4 is 45.8 Å². The third-order valence-corrected chi connectivity index (χ3v) is 5.02. The van der Waals surface area contributed by atoms with Gasteiger partial charge in [-0.2, -0.15) is 0 Å². The van der Waals surface area contributed by atoms with E-state index in [2.05, 4.69) is 5.32 Å². The van der Waals surface area contributed by atoms with Crippen LogP contribution in [0.1, 0.15) is 24.2 Å². The summed E-state index contributed by atoms with van der Waals surface area (Å²) >= 11 is 5.85. The number of hydrogen-bond acceptors (Lipinski definition) is 3. The predicted molar refractivity (Wildman–Crippen MR) is 114 cm³/mol. The minimum atomic E-state index is -0.745. The number of carbonyl (C=O) groups excluding carboxylic acids is 3. The van der Waals surface area contributed by atoms with E-state index in [-0.39, 0.29) is 18.0 Å². The zero-order chi connectivity index (χ0) is 21.0. The molecule has 0 aliphatic carbocycles. The van der Waals surface area contributed by atoms with Crippen molar-refractivity contribution in [2.45, 2.75) is 20.4 Å². The third kappa shape index (κ3) is 4.49. The van der Waals surface area contributed by atoms with Crippen LogP contribution in [-0.4, -0.2) is 40.2 Å². The highest BCUT2D eigenvalue weighted by atomic mass is 35.5. The molecule has 7 heteroatoms. The first-order valence-electron chi connectivity index (χ1n) is 9.41. The van der Waals surface area contributed by atoms with Crippen LogP contribution in [-0.2, 0) is 16.1 Å². The summed E-state index contributed by atoms with van der Waals surface area (Å²) in [4.78, 5) is 39.6. The minimum absolute atomic E-state index is 0.0413. The van der Waals surface area contributed by atoms with Crippen molar-refractivity contribution in [2.24, 2.45) is 0 Å². The lowest BCUT2D eigenvalue weighted by Crippen LogP contribution is -2.33. The molecular formula is C22H22ClN3O3. The Morgan fingerprint density at radius 2 is 1.66 bits per heavy atom. The molecule has 29 heavy (non-hydrogen) atoms. The van der Waals surface area contributed by atoms with E-state index in [1.165, 1.54) is 0 Å². The van der Waals surface area contributed by atoms with Crippen LogP contribution in [0.15, 0.2) is 54.7 Å². The highest BCUT2D eigenvalue weighted by Gasteiger charge is 2.23. The second-order valence-electron chi connectivity index (χ2n) is 6.54. The molecular weight excluding hydrogens is 390 g/mol. The van der Waals surface area contributed by atoms with Crippen LogP contribution in [0.3, 0.4) is 0 Å². The van der Waals surface area contributed by atoms with Gasteiger partial charge in [0, 0.05) is 40.9 Å². The molecule has 0 fully saturated rings. The molecule has 0 saturated heterocycles. The lowest BCUT2D eigenvalue weighted by molar-refractivity contribution is -0.131. The second-order valence-corrected chi connectivity index (χ2v) is 6.98. The number of ketones is 1. The van der Waals surface area contributed by atoms with E-state index < -0.39 is 11.7 Å². The van der Waals surface area contributed by atoms with Crippen LogP contribution in [0.25, 0.3) is 10.9 Å². The summed E-state index contributed by atoms with van der Waals surface area (Å²) in [6.07, 6.45) is 1.58. The number of nitrogens with one attached hydrogen (secondary N) is 1. The summed E-state index contributed by atoms with van der Waals surface area (Å²) < 4.78 is 1.72. The van der Waals surface area contributed by atoms with Crippen LogP contribution in [0.2, 0.25) is 5.02 Å². The van der Waals surface area contributed by atoms with Gasteiger partial charge in [0.05, 0.1) is 5.56 Å². The molecule has 3 aromatic rings. The molecule has 0 spiro atoms. The molecule has 2 aromatic carbocycles. The van der Waals surface area contributed by atoms with E-state index in [1.54, 1.807) is 52.1 Å². The van der Waals surface area contributed by atoms with E-state index in [1.807, 2.05) is 26.0 Å². The number of aromatic nitrogens is 1. The standard InChI is InChI=1S/C22H22ClN3O3/c1-3-25(4-2)20(27)14-26-13-18(17-7-5-6-8-19(17)26)21(28)22(29)24-16-11-9-15(23)10-12-16/h5-13H,3-4,14H2,1-2H3,(H,24,29). The first kappa shape index (κ1) is 20.6. The van der Waals surface area contributed by atoms with Crippen molar-refractivity contribution in [3.63, 3.8) is 0 Å². The fourth-order valence-corrected chi connectivity index (χ4v) is 3.35. The van der Waals surface area contributed by atoms with E-state index in [4.69, 9.17) is 11.6 Å². The van der Waals surface area contributed by atoms with Crippen LogP contribution >= 0.6 is 11.6 Å². The number of anilines is 1. The number of para-hydroxylation sites is 1. The topological polar surface area (TPSA) is 71.4 Å². The SMILES string of the molecule is CCN(CC)C(=O)Cn1cc(C(=O)C(=O)Nc2ccc(Cl)cc2)c2ccccc21. The number of benzene rings is 2. The van der Waals surface area contributed by atoms with Gasteiger partial charge in [-0.3, -0.25) is 14.4 Å². The zero-order valence-electron chi connectivity index (χ0n) is 16.3. The van der Waals surface area contributed by atoms with Crippen molar-refractivity contribution in [1.82, 2.24) is 9.47 Å². The highest BCUT2D eigenvalue weighted by Crippen LogP contribution is 2.23. The Balaban J connectivity index is 1.89. The van der Waals surface area contributed by atoms with E-state index in [9.17, 15) is 14.4 Å². The first-order chi connectivity index (χ1) is 13.9. The van der Waals surface area contributed by atoms with E-state index in [0.29, 0.717) is 29.2 Å². The lowest BCUT2D eigenvalue weighted by Gasteiger charge is -2.19. The van der Waals surface area contributed by atoms with Crippen LogP contribution in [0, 0.1) is 0 Å². The average Bonchev–Trinajstić information content (AvgIpc) is 3.08. The van der Waals surface area contributed by atoms with Gasteiger partial charge in [-0.05, 0) is 44.2 Å². The Bertz CT molecular complexity index is 1050. The van der Waals surface area contributed by atoms with Crippen LogP contribution in [0.4, 0.5) is 5.69 Å². The Morgan fingerprint density at radius 3 is 2.31 bits per heavy atom. The van der Waals surface area contributed by atoms with Crippen molar-refractivity contribution in [3.8, 4) is 0 Å². The molecule has 0 aliphatic rings. The third-order valence-electron chi connectivity index (χ3n) is 4.76. The van der Waals surface area contributed by atoms with Gasteiger partial charge < -0.3 is 14.8 Å². The molecule has 1 aromatic heterocycles. The summed E-state index contributed by atoms with van der Waals surface area (Å²) in [5.41, 5.74) is 1.48. The van der Waals surface area contributed by atoms with Gasteiger partial charge in [0.25, 0.3) is 11.7 Å². The number of fused-ring (bicyclic) bond motifs is 1. The maximum atomic E-state index is 12.8. The monoisotopic (exact) mass is 411 g/mol. The number of nitrogens with zero attached hydrogens (tertiary/aromatic N) is 2. The van der Waals surface area contributed by atoms with E-state index >= 15 is 0 Å². The summed E-state index contributed by atoms with van der Waals surface area (Å²) in [6.45, 7) is 5.18. The number of hydrogen-bond donors (Lipinski definition) is 1. The van der Waals surface area contributed by atoms with Gasteiger partial charge in [0.1, 0.15) is 6.54 Å². The van der Waals surface area contributed by atoms with Gasteiger partial charge in [-0.25, -0.2) is 0 Å². The van der Waals surface area contributed by atoms with E-state index in [0.717, 1.165) is 5.52 Å². The average molecular weight is 412 g/mol. The second kappa shape index (κ2) is 8.92. The number of halogens is 1. The first-order valence-corrected chi connectivity index (χ1v) is 9.79. The molecule has 6 nitrogen and oxygen atoms in total. The molecule has 150 valence electrons. The molecule has 3 rings (SSSR count). The molecule has 0 bridgehead atoms. The van der Waals surface area contributed by atoms with Crippen LogP contribution in [0.5, 0.6) is 0 Å². The van der Waals surface area contributed by atoms with Gasteiger partial charge in [0.15, 0.2) is 0 Å². The van der Waals surface area contributed by atoms with Crippen molar-refractivity contribution in [3.05, 3.63) is 65.3 Å². The molecule has 0 atom stereocenters. The molecule has 2 amide bonds. The normalized spacial score (nSPS) is 10.7. The Morgan fingerprint density at radius 1 is 1.00 bits per heavy atom. The quantitative estimate of drug-likeness (QED) is 0.472.